The van der Waals surface area contributed by atoms with Crippen LogP contribution in [0.5, 0.6) is 5.75 Å². The highest BCUT2D eigenvalue weighted by atomic mass is 35.5. The second-order valence-electron chi connectivity index (χ2n) is 3.92. The maximum atomic E-state index is 11.5. The summed E-state index contributed by atoms with van der Waals surface area (Å²) in [5.74, 6) is 0.767. The number of benzene rings is 1. The number of rotatable bonds is 8. The van der Waals surface area contributed by atoms with Crippen LogP contribution in [0.15, 0.2) is 24.3 Å². The SMILES string of the molecule is O=C(CCNC(=O)COc1ccc(Cl)cc1)NCCS. The number of thiol groups is 1. The Kier molecular flexibility index (Phi) is 7.91. The summed E-state index contributed by atoms with van der Waals surface area (Å²) in [5, 5.41) is 5.87. The first-order chi connectivity index (χ1) is 9.61. The highest BCUT2D eigenvalue weighted by Crippen LogP contribution is 2.15. The summed E-state index contributed by atoms with van der Waals surface area (Å²) < 4.78 is 5.26. The van der Waals surface area contributed by atoms with E-state index < -0.39 is 0 Å². The lowest BCUT2D eigenvalue weighted by Crippen LogP contribution is -2.33. The highest BCUT2D eigenvalue weighted by molar-refractivity contribution is 7.80. The number of carbonyl (C=O) groups excluding carboxylic acids is 2. The number of nitrogens with one attached hydrogen (secondary N) is 2. The topological polar surface area (TPSA) is 67.4 Å². The Morgan fingerprint density at radius 2 is 1.75 bits per heavy atom. The zero-order chi connectivity index (χ0) is 14.8. The van der Waals surface area contributed by atoms with Gasteiger partial charge in [-0.3, -0.25) is 9.59 Å². The van der Waals surface area contributed by atoms with Crippen LogP contribution in [0.3, 0.4) is 0 Å². The van der Waals surface area contributed by atoms with Gasteiger partial charge in [-0.1, -0.05) is 11.6 Å². The Morgan fingerprint density at radius 1 is 1.10 bits per heavy atom. The lowest BCUT2D eigenvalue weighted by molar-refractivity contribution is -0.123. The minimum absolute atomic E-state index is 0.0973. The Balaban J connectivity index is 2.14. The second-order valence-corrected chi connectivity index (χ2v) is 4.80. The minimum Gasteiger partial charge on any atom is -0.484 e. The van der Waals surface area contributed by atoms with Gasteiger partial charge in [0.2, 0.25) is 5.91 Å². The predicted molar refractivity (Wildman–Crippen MR) is 81.4 cm³/mol. The molecule has 0 saturated heterocycles. The van der Waals surface area contributed by atoms with Crippen LogP contribution in [0.25, 0.3) is 0 Å². The normalized spacial score (nSPS) is 9.90. The van der Waals surface area contributed by atoms with Crippen LogP contribution >= 0.6 is 24.2 Å². The Morgan fingerprint density at radius 3 is 2.40 bits per heavy atom. The van der Waals surface area contributed by atoms with Crippen LogP contribution in [0, 0.1) is 0 Å². The summed E-state index contributed by atoms with van der Waals surface area (Å²) in [6.45, 7) is 0.705. The first-order valence-corrected chi connectivity index (χ1v) is 7.15. The zero-order valence-corrected chi connectivity index (χ0v) is 12.5. The number of ether oxygens (including phenoxy) is 1. The fourth-order valence-electron chi connectivity index (χ4n) is 1.33. The van der Waals surface area contributed by atoms with Gasteiger partial charge in [-0.05, 0) is 24.3 Å². The molecule has 0 saturated carbocycles. The van der Waals surface area contributed by atoms with Gasteiger partial charge < -0.3 is 15.4 Å². The number of amides is 2. The summed E-state index contributed by atoms with van der Waals surface area (Å²) in [4.78, 5) is 22.7. The van der Waals surface area contributed by atoms with Gasteiger partial charge in [0.25, 0.3) is 5.91 Å². The Labute approximate surface area is 128 Å². The van der Waals surface area contributed by atoms with E-state index in [1.807, 2.05) is 0 Å². The first kappa shape index (κ1) is 16.7. The van der Waals surface area contributed by atoms with Gasteiger partial charge in [0.1, 0.15) is 5.75 Å². The third-order valence-corrected chi connectivity index (χ3v) is 2.77. The predicted octanol–water partition coefficient (Wildman–Crippen LogP) is 1.27. The first-order valence-electron chi connectivity index (χ1n) is 6.14. The largest absolute Gasteiger partial charge is 0.484 e. The van der Waals surface area contributed by atoms with Crippen LogP contribution in [-0.2, 0) is 9.59 Å². The Hall–Kier alpha value is -1.40. The third kappa shape index (κ3) is 7.25. The van der Waals surface area contributed by atoms with E-state index in [4.69, 9.17) is 16.3 Å². The molecule has 0 radical (unpaired) electrons. The van der Waals surface area contributed by atoms with Gasteiger partial charge in [0.15, 0.2) is 6.61 Å². The minimum atomic E-state index is -0.276. The van der Waals surface area contributed by atoms with Crippen molar-refractivity contribution in [2.45, 2.75) is 6.42 Å². The summed E-state index contributed by atoms with van der Waals surface area (Å²) in [7, 11) is 0. The maximum absolute atomic E-state index is 11.5. The van der Waals surface area contributed by atoms with E-state index in [0.717, 1.165) is 0 Å². The lowest BCUT2D eigenvalue weighted by atomic mass is 10.3. The molecule has 2 N–H and O–H groups in total. The molecule has 110 valence electrons. The maximum Gasteiger partial charge on any atom is 0.257 e. The molecule has 2 amide bonds. The molecule has 0 spiro atoms. The molecule has 0 unspecified atom stereocenters. The van der Waals surface area contributed by atoms with Crippen LogP contribution in [0.1, 0.15) is 6.42 Å². The van der Waals surface area contributed by atoms with Crippen molar-refractivity contribution in [3.8, 4) is 5.75 Å². The summed E-state index contributed by atoms with van der Waals surface area (Å²) in [6, 6.07) is 6.72. The van der Waals surface area contributed by atoms with Crippen LogP contribution in [-0.4, -0.2) is 37.3 Å². The zero-order valence-electron chi connectivity index (χ0n) is 10.9. The Bertz CT molecular complexity index is 440. The molecule has 5 nitrogen and oxygen atoms in total. The fourth-order valence-corrected chi connectivity index (χ4v) is 1.57. The van der Waals surface area contributed by atoms with Crippen molar-refractivity contribution in [2.24, 2.45) is 0 Å². The number of hydrogen-bond donors (Lipinski definition) is 3. The molecule has 0 aliphatic rings. The second kappa shape index (κ2) is 9.50. The number of hydrogen-bond acceptors (Lipinski definition) is 4. The molecule has 1 aromatic rings. The van der Waals surface area contributed by atoms with Gasteiger partial charge in [0.05, 0.1) is 0 Å². The van der Waals surface area contributed by atoms with Crippen molar-refractivity contribution in [1.29, 1.82) is 0 Å². The molecule has 1 aromatic carbocycles. The molecule has 0 aliphatic carbocycles. The standard InChI is InChI=1S/C13H17ClN2O3S/c14-10-1-3-11(4-2-10)19-9-13(18)15-6-5-12(17)16-7-8-20/h1-4,20H,5-9H2,(H,15,18)(H,16,17). The van der Waals surface area contributed by atoms with Crippen LogP contribution < -0.4 is 15.4 Å². The van der Waals surface area contributed by atoms with Gasteiger partial charge in [-0.25, -0.2) is 0 Å². The molecule has 1 rings (SSSR count). The molecule has 0 bridgehead atoms. The van der Waals surface area contributed by atoms with Crippen molar-refractivity contribution in [3.63, 3.8) is 0 Å². The van der Waals surface area contributed by atoms with Gasteiger partial charge in [-0.2, -0.15) is 12.6 Å². The quantitative estimate of drug-likeness (QED) is 0.633. The summed E-state index contributed by atoms with van der Waals surface area (Å²) in [6.07, 6.45) is 0.237. The third-order valence-electron chi connectivity index (χ3n) is 2.29. The van der Waals surface area contributed by atoms with Crippen molar-refractivity contribution in [3.05, 3.63) is 29.3 Å². The van der Waals surface area contributed by atoms with Gasteiger partial charge in [-0.15, -0.1) is 0 Å². The van der Waals surface area contributed by atoms with E-state index >= 15 is 0 Å². The van der Waals surface area contributed by atoms with E-state index in [2.05, 4.69) is 23.3 Å². The average molecular weight is 317 g/mol. The van der Waals surface area contributed by atoms with Crippen molar-refractivity contribution in [2.75, 3.05) is 25.4 Å². The average Bonchev–Trinajstić information content (AvgIpc) is 2.44. The smallest absolute Gasteiger partial charge is 0.257 e. The van der Waals surface area contributed by atoms with Gasteiger partial charge >= 0.3 is 0 Å². The fraction of sp³-hybridized carbons (Fsp3) is 0.385. The van der Waals surface area contributed by atoms with E-state index in [9.17, 15) is 9.59 Å². The summed E-state index contributed by atoms with van der Waals surface area (Å²) >= 11 is 9.71. The highest BCUT2D eigenvalue weighted by Gasteiger charge is 2.04. The molecular weight excluding hydrogens is 300 g/mol. The van der Waals surface area contributed by atoms with E-state index in [1.165, 1.54) is 0 Å². The molecular formula is C13H17ClN2O3S. The molecule has 0 aliphatic heterocycles. The molecule has 7 heteroatoms. The van der Waals surface area contributed by atoms with E-state index in [-0.39, 0.29) is 31.4 Å². The van der Waals surface area contributed by atoms with E-state index in [0.29, 0.717) is 23.1 Å². The molecule has 20 heavy (non-hydrogen) atoms. The molecule has 0 heterocycles. The van der Waals surface area contributed by atoms with E-state index in [1.54, 1.807) is 24.3 Å². The molecule has 0 fully saturated rings. The van der Waals surface area contributed by atoms with Crippen LogP contribution in [0.4, 0.5) is 0 Å². The van der Waals surface area contributed by atoms with Crippen LogP contribution in [0.2, 0.25) is 5.02 Å². The molecule has 0 aromatic heterocycles. The van der Waals surface area contributed by atoms with Gasteiger partial charge in [0, 0.05) is 30.3 Å². The number of carbonyl (C=O) groups is 2. The monoisotopic (exact) mass is 316 g/mol. The number of halogens is 1. The van der Waals surface area contributed by atoms with Crippen molar-refractivity contribution >= 4 is 36.0 Å². The van der Waals surface area contributed by atoms with Crippen molar-refractivity contribution < 1.29 is 14.3 Å². The summed E-state index contributed by atoms with van der Waals surface area (Å²) in [5.41, 5.74) is 0. The lowest BCUT2D eigenvalue weighted by Gasteiger charge is -2.07. The van der Waals surface area contributed by atoms with Crippen molar-refractivity contribution in [1.82, 2.24) is 10.6 Å². The molecule has 0 atom stereocenters.